The van der Waals surface area contributed by atoms with E-state index in [-0.39, 0.29) is 17.0 Å². The Balaban J connectivity index is 2.73. The molecule has 0 saturated heterocycles. The van der Waals surface area contributed by atoms with Gasteiger partial charge in [0.1, 0.15) is 5.82 Å². The zero-order valence-electron chi connectivity index (χ0n) is 10.6. The molecule has 2 rings (SSSR count). The normalized spacial score (nSPS) is 10.5. The molecule has 0 unspecified atom stereocenters. The lowest BCUT2D eigenvalue weighted by Crippen LogP contribution is -2.16. The topological polar surface area (TPSA) is 69.5 Å². The zero-order chi connectivity index (χ0) is 14.0. The van der Waals surface area contributed by atoms with Crippen LogP contribution in [0.3, 0.4) is 0 Å². The molecule has 2 aromatic rings. The second-order valence-corrected chi connectivity index (χ2v) is 4.49. The molecular weight excluding hydrogens is 245 g/mol. The second-order valence-electron chi connectivity index (χ2n) is 4.49. The minimum atomic E-state index is -0.522. The summed E-state index contributed by atoms with van der Waals surface area (Å²) < 4.78 is 13.5. The molecular formula is C14H12FN3O. The van der Waals surface area contributed by atoms with Crippen LogP contribution in [0.4, 0.5) is 4.39 Å². The molecule has 5 heteroatoms. The number of nitrogens with one attached hydrogen (secondary N) is 1. The Hall–Kier alpha value is -2.48. The molecule has 1 N–H and O–H groups in total. The van der Waals surface area contributed by atoms with Gasteiger partial charge in [-0.2, -0.15) is 5.26 Å². The van der Waals surface area contributed by atoms with Gasteiger partial charge in [-0.05, 0) is 24.1 Å². The van der Waals surface area contributed by atoms with Crippen molar-refractivity contribution in [2.75, 3.05) is 0 Å². The summed E-state index contributed by atoms with van der Waals surface area (Å²) in [7, 11) is 0. The van der Waals surface area contributed by atoms with Gasteiger partial charge in [0.2, 0.25) is 0 Å². The molecule has 0 atom stereocenters. The number of rotatable bonds is 2. The first kappa shape index (κ1) is 13.0. The summed E-state index contributed by atoms with van der Waals surface area (Å²) in [5.74, 6) is -0.577. The molecule has 0 aliphatic heterocycles. The van der Waals surface area contributed by atoms with Gasteiger partial charge in [-0.3, -0.25) is 4.79 Å². The average Bonchev–Trinajstić information content (AvgIpc) is 2.37. The number of hydrogen-bond acceptors (Lipinski definition) is 3. The first-order valence-corrected chi connectivity index (χ1v) is 5.81. The van der Waals surface area contributed by atoms with Gasteiger partial charge in [-0.1, -0.05) is 13.8 Å². The minimum Gasteiger partial charge on any atom is -0.313 e. The van der Waals surface area contributed by atoms with E-state index in [0.29, 0.717) is 16.8 Å². The SMILES string of the molecule is CC(C)c1c(-c2cc(F)cc(C#N)c2)nc[nH]c1=O. The van der Waals surface area contributed by atoms with Crippen molar-refractivity contribution in [2.24, 2.45) is 0 Å². The molecule has 19 heavy (non-hydrogen) atoms. The number of hydrogen-bond donors (Lipinski definition) is 1. The smallest absolute Gasteiger partial charge is 0.254 e. The van der Waals surface area contributed by atoms with Crippen molar-refractivity contribution in [2.45, 2.75) is 19.8 Å². The quantitative estimate of drug-likeness (QED) is 0.898. The molecule has 0 saturated carbocycles. The molecule has 0 spiro atoms. The van der Waals surface area contributed by atoms with Crippen LogP contribution < -0.4 is 5.56 Å². The third-order valence-corrected chi connectivity index (χ3v) is 2.77. The molecule has 0 aliphatic carbocycles. The zero-order valence-corrected chi connectivity index (χ0v) is 10.6. The minimum absolute atomic E-state index is 0.0544. The summed E-state index contributed by atoms with van der Waals surface area (Å²) in [4.78, 5) is 18.5. The van der Waals surface area contributed by atoms with Crippen LogP contribution in [0, 0.1) is 17.1 Å². The molecule has 96 valence electrons. The van der Waals surface area contributed by atoms with Gasteiger partial charge in [-0.25, -0.2) is 9.37 Å². The van der Waals surface area contributed by atoms with Gasteiger partial charge >= 0.3 is 0 Å². The van der Waals surface area contributed by atoms with E-state index in [1.807, 2.05) is 19.9 Å². The molecule has 4 nitrogen and oxygen atoms in total. The number of nitriles is 1. The number of aromatic nitrogens is 2. The fraction of sp³-hybridized carbons (Fsp3) is 0.214. The van der Waals surface area contributed by atoms with E-state index in [4.69, 9.17) is 5.26 Å². The van der Waals surface area contributed by atoms with Crippen LogP contribution in [0.25, 0.3) is 11.3 Å². The van der Waals surface area contributed by atoms with Gasteiger partial charge < -0.3 is 4.98 Å². The standard InChI is InChI=1S/C14H12FN3O/c1-8(2)12-13(17-7-18-14(12)19)10-3-9(6-16)4-11(15)5-10/h3-5,7-8H,1-2H3,(H,17,18,19). The van der Waals surface area contributed by atoms with Crippen LogP contribution in [-0.2, 0) is 0 Å². The van der Waals surface area contributed by atoms with Crippen molar-refractivity contribution in [3.8, 4) is 17.3 Å². The Morgan fingerprint density at radius 2 is 2.11 bits per heavy atom. The molecule has 1 aromatic heterocycles. The summed E-state index contributed by atoms with van der Waals surface area (Å²) in [6.07, 6.45) is 1.28. The largest absolute Gasteiger partial charge is 0.313 e. The second kappa shape index (κ2) is 5.02. The van der Waals surface area contributed by atoms with E-state index in [1.54, 1.807) is 0 Å². The Labute approximate surface area is 109 Å². The molecule has 0 aliphatic rings. The van der Waals surface area contributed by atoms with Crippen LogP contribution in [-0.4, -0.2) is 9.97 Å². The number of H-pyrrole nitrogens is 1. The number of aromatic amines is 1. The van der Waals surface area contributed by atoms with Gasteiger partial charge in [0.15, 0.2) is 0 Å². The van der Waals surface area contributed by atoms with Crippen LogP contribution in [0.5, 0.6) is 0 Å². The van der Waals surface area contributed by atoms with E-state index in [0.717, 1.165) is 6.07 Å². The number of nitrogens with zero attached hydrogens (tertiary/aromatic N) is 2. The highest BCUT2D eigenvalue weighted by Gasteiger charge is 2.15. The fourth-order valence-electron chi connectivity index (χ4n) is 1.97. The Morgan fingerprint density at radius 3 is 2.74 bits per heavy atom. The van der Waals surface area contributed by atoms with E-state index in [1.165, 1.54) is 18.5 Å². The summed E-state index contributed by atoms with van der Waals surface area (Å²) in [6.45, 7) is 3.72. The van der Waals surface area contributed by atoms with Crippen molar-refractivity contribution in [3.05, 3.63) is 51.8 Å². The first-order chi connectivity index (χ1) is 9.02. The lowest BCUT2D eigenvalue weighted by molar-refractivity contribution is 0.627. The maximum Gasteiger partial charge on any atom is 0.254 e. The monoisotopic (exact) mass is 257 g/mol. The van der Waals surface area contributed by atoms with Gasteiger partial charge in [-0.15, -0.1) is 0 Å². The molecule has 0 radical (unpaired) electrons. The van der Waals surface area contributed by atoms with E-state index in [2.05, 4.69) is 9.97 Å². The first-order valence-electron chi connectivity index (χ1n) is 5.81. The van der Waals surface area contributed by atoms with Crippen LogP contribution in [0.15, 0.2) is 29.3 Å². The highest BCUT2D eigenvalue weighted by atomic mass is 19.1. The molecule has 1 heterocycles. The summed E-state index contributed by atoms with van der Waals surface area (Å²) in [5.41, 5.74) is 1.28. The number of benzene rings is 1. The maximum absolute atomic E-state index is 13.5. The van der Waals surface area contributed by atoms with Gasteiger partial charge in [0.05, 0.1) is 23.7 Å². The predicted octanol–water partition coefficient (Wildman–Crippen LogP) is 2.57. The van der Waals surface area contributed by atoms with Crippen molar-refractivity contribution in [1.82, 2.24) is 9.97 Å². The average molecular weight is 257 g/mol. The van der Waals surface area contributed by atoms with Crippen molar-refractivity contribution in [3.63, 3.8) is 0 Å². The molecule has 1 aromatic carbocycles. The lowest BCUT2D eigenvalue weighted by Gasteiger charge is -2.10. The molecule has 0 fully saturated rings. The fourth-order valence-corrected chi connectivity index (χ4v) is 1.97. The Kier molecular flexibility index (Phi) is 3.43. The van der Waals surface area contributed by atoms with Crippen molar-refractivity contribution in [1.29, 1.82) is 5.26 Å². The highest BCUT2D eigenvalue weighted by molar-refractivity contribution is 5.65. The van der Waals surface area contributed by atoms with Crippen molar-refractivity contribution < 1.29 is 4.39 Å². The van der Waals surface area contributed by atoms with Crippen LogP contribution in [0.2, 0.25) is 0 Å². The number of halogens is 1. The predicted molar refractivity (Wildman–Crippen MR) is 69.1 cm³/mol. The summed E-state index contributed by atoms with van der Waals surface area (Å²) in [6, 6.07) is 5.83. The van der Waals surface area contributed by atoms with Crippen molar-refractivity contribution >= 4 is 0 Å². The van der Waals surface area contributed by atoms with Gasteiger partial charge in [0, 0.05) is 11.1 Å². The Bertz CT molecular complexity index is 713. The third-order valence-electron chi connectivity index (χ3n) is 2.77. The summed E-state index contributed by atoms with van der Waals surface area (Å²) >= 11 is 0. The maximum atomic E-state index is 13.5. The highest BCUT2D eigenvalue weighted by Crippen LogP contribution is 2.25. The molecule has 0 bridgehead atoms. The van der Waals surface area contributed by atoms with E-state index < -0.39 is 5.82 Å². The van der Waals surface area contributed by atoms with E-state index >= 15 is 0 Å². The lowest BCUT2D eigenvalue weighted by atomic mass is 9.97. The van der Waals surface area contributed by atoms with Crippen LogP contribution in [0.1, 0.15) is 30.9 Å². The van der Waals surface area contributed by atoms with Gasteiger partial charge in [0.25, 0.3) is 5.56 Å². The Morgan fingerprint density at radius 1 is 1.37 bits per heavy atom. The van der Waals surface area contributed by atoms with Crippen LogP contribution >= 0.6 is 0 Å². The van der Waals surface area contributed by atoms with E-state index in [9.17, 15) is 9.18 Å². The molecule has 0 amide bonds. The summed E-state index contributed by atoms with van der Waals surface area (Å²) in [5, 5.41) is 8.86. The third kappa shape index (κ3) is 2.52.